The van der Waals surface area contributed by atoms with Gasteiger partial charge in [0.05, 0.1) is 25.9 Å². The lowest BCUT2D eigenvalue weighted by Gasteiger charge is -2.17. The van der Waals surface area contributed by atoms with Gasteiger partial charge in [0, 0.05) is 23.7 Å². The number of nitrogens with one attached hydrogen (secondary N) is 1. The van der Waals surface area contributed by atoms with Gasteiger partial charge in [-0.1, -0.05) is 28.1 Å². The van der Waals surface area contributed by atoms with E-state index in [0.717, 1.165) is 4.47 Å². The van der Waals surface area contributed by atoms with E-state index in [0.29, 0.717) is 33.0 Å². The number of halogens is 1. The topological polar surface area (TPSA) is 50.7 Å². The van der Waals surface area contributed by atoms with Crippen LogP contribution in [0.1, 0.15) is 25.5 Å². The molecule has 0 aromatic heterocycles. The minimum absolute atomic E-state index is 0.196. The summed E-state index contributed by atoms with van der Waals surface area (Å²) in [7, 11) is 0. The van der Waals surface area contributed by atoms with Crippen molar-refractivity contribution in [2.75, 3.05) is 33.0 Å². The zero-order chi connectivity index (χ0) is 14.8. The first kappa shape index (κ1) is 17.6. The number of aliphatic hydroxyl groups is 1. The summed E-state index contributed by atoms with van der Waals surface area (Å²) in [6, 6.07) is 8.35. The van der Waals surface area contributed by atoms with E-state index in [9.17, 15) is 5.11 Å². The molecule has 0 aliphatic heterocycles. The Bertz CT molecular complexity index is 359. The normalized spacial score (nSPS) is 14.2. The van der Waals surface area contributed by atoms with Gasteiger partial charge < -0.3 is 19.9 Å². The first-order valence-electron chi connectivity index (χ1n) is 6.96. The Labute approximate surface area is 129 Å². The first-order valence-corrected chi connectivity index (χ1v) is 7.75. The van der Waals surface area contributed by atoms with Crippen LogP contribution in [0.4, 0.5) is 0 Å². The minimum Gasteiger partial charge on any atom is -0.389 e. The molecule has 20 heavy (non-hydrogen) atoms. The molecule has 0 aliphatic carbocycles. The van der Waals surface area contributed by atoms with Crippen molar-refractivity contribution in [3.05, 3.63) is 34.3 Å². The van der Waals surface area contributed by atoms with Crippen LogP contribution in [-0.4, -0.2) is 44.2 Å². The molecule has 0 saturated carbocycles. The highest BCUT2D eigenvalue weighted by atomic mass is 79.9. The predicted molar refractivity (Wildman–Crippen MR) is 83.9 cm³/mol. The zero-order valence-corrected chi connectivity index (χ0v) is 13.7. The van der Waals surface area contributed by atoms with E-state index in [1.807, 2.05) is 19.1 Å². The molecule has 0 bridgehead atoms. The number of hydrogen-bond donors (Lipinski definition) is 2. The number of rotatable bonds is 10. The van der Waals surface area contributed by atoms with Crippen LogP contribution in [0.3, 0.4) is 0 Å². The fourth-order valence-corrected chi connectivity index (χ4v) is 1.99. The van der Waals surface area contributed by atoms with E-state index in [1.165, 1.54) is 5.56 Å². The first-order chi connectivity index (χ1) is 9.63. The fourth-order valence-electron chi connectivity index (χ4n) is 1.72. The fraction of sp³-hybridized carbons (Fsp3) is 0.600. The maximum Gasteiger partial charge on any atom is 0.0897 e. The number of ether oxygens (including phenoxy) is 2. The summed E-state index contributed by atoms with van der Waals surface area (Å²) in [5.41, 5.74) is 1.19. The number of aliphatic hydroxyl groups excluding tert-OH is 1. The second-order valence-electron chi connectivity index (χ2n) is 4.61. The van der Waals surface area contributed by atoms with Gasteiger partial charge in [0.15, 0.2) is 0 Å². The van der Waals surface area contributed by atoms with Crippen LogP contribution in [-0.2, 0) is 9.47 Å². The second kappa shape index (κ2) is 10.3. The van der Waals surface area contributed by atoms with E-state index in [2.05, 4.69) is 40.3 Å². The molecule has 0 saturated heterocycles. The van der Waals surface area contributed by atoms with Crippen LogP contribution in [0.15, 0.2) is 28.7 Å². The molecule has 0 heterocycles. The summed E-state index contributed by atoms with van der Waals surface area (Å²) in [5.74, 6) is 0. The molecule has 1 aromatic rings. The molecule has 5 heteroatoms. The van der Waals surface area contributed by atoms with Gasteiger partial charge in [-0.3, -0.25) is 0 Å². The van der Waals surface area contributed by atoms with Crippen molar-refractivity contribution < 1.29 is 14.6 Å². The summed E-state index contributed by atoms with van der Waals surface area (Å²) in [6.07, 6.45) is -0.505. The second-order valence-corrected chi connectivity index (χ2v) is 5.52. The third-order valence-electron chi connectivity index (χ3n) is 2.92. The summed E-state index contributed by atoms with van der Waals surface area (Å²) in [4.78, 5) is 0. The van der Waals surface area contributed by atoms with Gasteiger partial charge in [0.1, 0.15) is 0 Å². The van der Waals surface area contributed by atoms with Crippen molar-refractivity contribution in [2.45, 2.75) is 26.0 Å². The summed E-state index contributed by atoms with van der Waals surface area (Å²) in [5, 5.41) is 13.1. The Hall–Kier alpha value is -0.460. The Morgan fingerprint density at radius 3 is 2.50 bits per heavy atom. The minimum atomic E-state index is -0.505. The average Bonchev–Trinajstić information content (AvgIpc) is 2.45. The Morgan fingerprint density at radius 1 is 1.20 bits per heavy atom. The highest BCUT2D eigenvalue weighted by molar-refractivity contribution is 9.10. The summed E-state index contributed by atoms with van der Waals surface area (Å²) in [6.45, 7) is 6.64. The lowest BCUT2D eigenvalue weighted by Crippen LogP contribution is -2.32. The molecule has 114 valence electrons. The summed E-state index contributed by atoms with van der Waals surface area (Å²) >= 11 is 3.42. The lowest BCUT2D eigenvalue weighted by atomic mass is 10.1. The van der Waals surface area contributed by atoms with Crippen LogP contribution in [0.5, 0.6) is 0 Å². The van der Waals surface area contributed by atoms with Gasteiger partial charge >= 0.3 is 0 Å². The van der Waals surface area contributed by atoms with Crippen LogP contribution >= 0.6 is 15.9 Å². The van der Waals surface area contributed by atoms with Crippen LogP contribution in [0.2, 0.25) is 0 Å². The highest BCUT2D eigenvalue weighted by Crippen LogP contribution is 2.16. The van der Waals surface area contributed by atoms with Crippen molar-refractivity contribution in [3.8, 4) is 0 Å². The molecule has 1 rings (SSSR count). The monoisotopic (exact) mass is 345 g/mol. The third-order valence-corrected chi connectivity index (χ3v) is 3.44. The largest absolute Gasteiger partial charge is 0.389 e. The third kappa shape index (κ3) is 7.36. The van der Waals surface area contributed by atoms with Gasteiger partial charge in [-0.05, 0) is 31.5 Å². The quantitative estimate of drug-likeness (QED) is 0.639. The molecule has 0 fully saturated rings. The Balaban J connectivity index is 2.16. The van der Waals surface area contributed by atoms with E-state index >= 15 is 0 Å². The highest BCUT2D eigenvalue weighted by Gasteiger charge is 2.08. The van der Waals surface area contributed by atoms with Crippen LogP contribution in [0.25, 0.3) is 0 Å². The van der Waals surface area contributed by atoms with Gasteiger partial charge in [-0.15, -0.1) is 0 Å². The molecule has 0 spiro atoms. The number of benzene rings is 1. The molecule has 1 aromatic carbocycles. The summed E-state index contributed by atoms with van der Waals surface area (Å²) < 4.78 is 11.6. The van der Waals surface area contributed by atoms with Gasteiger partial charge in [0.25, 0.3) is 0 Å². The molecule has 0 radical (unpaired) electrons. The standard InChI is InChI=1S/C15H24BrNO3/c1-3-19-8-9-20-11-15(18)10-17-12(2)13-4-6-14(16)7-5-13/h4-7,12,15,17-18H,3,8-11H2,1-2H3/t12-,15?/m1/s1. The molecule has 2 atom stereocenters. The maximum absolute atomic E-state index is 9.81. The maximum atomic E-state index is 9.81. The smallest absolute Gasteiger partial charge is 0.0897 e. The van der Waals surface area contributed by atoms with Crippen molar-refractivity contribution in [1.82, 2.24) is 5.32 Å². The van der Waals surface area contributed by atoms with Gasteiger partial charge in [-0.25, -0.2) is 0 Å². The zero-order valence-electron chi connectivity index (χ0n) is 12.1. The van der Waals surface area contributed by atoms with Crippen LogP contribution < -0.4 is 5.32 Å². The molecular formula is C15H24BrNO3. The average molecular weight is 346 g/mol. The van der Waals surface area contributed by atoms with Crippen molar-refractivity contribution in [3.63, 3.8) is 0 Å². The Kier molecular flexibility index (Phi) is 9.05. The van der Waals surface area contributed by atoms with E-state index < -0.39 is 6.10 Å². The van der Waals surface area contributed by atoms with Crippen molar-refractivity contribution in [2.24, 2.45) is 0 Å². The van der Waals surface area contributed by atoms with E-state index in [1.54, 1.807) is 0 Å². The Morgan fingerprint density at radius 2 is 1.85 bits per heavy atom. The van der Waals surface area contributed by atoms with E-state index in [-0.39, 0.29) is 6.04 Å². The SMILES string of the molecule is CCOCCOCC(O)CN[C@H](C)c1ccc(Br)cc1. The van der Waals surface area contributed by atoms with Crippen molar-refractivity contribution >= 4 is 15.9 Å². The molecular weight excluding hydrogens is 322 g/mol. The molecule has 4 nitrogen and oxygen atoms in total. The van der Waals surface area contributed by atoms with Gasteiger partial charge in [0.2, 0.25) is 0 Å². The molecule has 0 aliphatic rings. The molecule has 2 N–H and O–H groups in total. The molecule has 0 amide bonds. The van der Waals surface area contributed by atoms with Crippen LogP contribution in [0, 0.1) is 0 Å². The number of hydrogen-bond acceptors (Lipinski definition) is 4. The lowest BCUT2D eigenvalue weighted by molar-refractivity contribution is 0.00586. The predicted octanol–water partition coefficient (Wildman–Crippen LogP) is 2.51. The molecule has 1 unspecified atom stereocenters. The van der Waals surface area contributed by atoms with E-state index in [4.69, 9.17) is 9.47 Å². The van der Waals surface area contributed by atoms with Crippen molar-refractivity contribution in [1.29, 1.82) is 0 Å². The van der Waals surface area contributed by atoms with Gasteiger partial charge in [-0.2, -0.15) is 0 Å².